The Kier molecular flexibility index (Phi) is 4.68. The standard InChI is InChI=1S/C17H20O4/c1-4-11(2)13-5-7-14(8-6-13)20-10-15-9-12(3)16(21-15)17(18)19/h5-9,11H,4,10H2,1-3H3,(H,18,19). The van der Waals surface area contributed by atoms with Crippen LogP contribution in [-0.2, 0) is 6.61 Å². The second kappa shape index (κ2) is 6.48. The number of furan rings is 1. The van der Waals surface area contributed by atoms with Gasteiger partial charge in [0.15, 0.2) is 0 Å². The van der Waals surface area contributed by atoms with Crippen LogP contribution in [0.5, 0.6) is 5.75 Å². The predicted octanol–water partition coefficient (Wildman–Crippen LogP) is 4.38. The molecule has 0 saturated heterocycles. The molecule has 0 aliphatic rings. The van der Waals surface area contributed by atoms with E-state index in [0.717, 1.165) is 12.2 Å². The highest BCUT2D eigenvalue weighted by Gasteiger charge is 2.14. The Labute approximate surface area is 124 Å². The van der Waals surface area contributed by atoms with Gasteiger partial charge >= 0.3 is 5.97 Å². The Balaban J connectivity index is 2.00. The molecule has 0 spiro atoms. The van der Waals surface area contributed by atoms with Crippen molar-refractivity contribution in [3.63, 3.8) is 0 Å². The molecule has 0 bridgehead atoms. The van der Waals surface area contributed by atoms with Gasteiger partial charge < -0.3 is 14.3 Å². The van der Waals surface area contributed by atoms with Gasteiger partial charge in [-0.1, -0.05) is 26.0 Å². The van der Waals surface area contributed by atoms with E-state index >= 15 is 0 Å². The quantitative estimate of drug-likeness (QED) is 0.857. The van der Waals surface area contributed by atoms with Crippen LogP contribution in [0.15, 0.2) is 34.7 Å². The smallest absolute Gasteiger partial charge is 0.372 e. The number of rotatable bonds is 6. The molecule has 21 heavy (non-hydrogen) atoms. The van der Waals surface area contributed by atoms with Crippen molar-refractivity contribution in [2.75, 3.05) is 0 Å². The molecule has 1 aromatic heterocycles. The molecule has 4 heteroatoms. The molecule has 0 saturated carbocycles. The zero-order valence-corrected chi connectivity index (χ0v) is 12.6. The van der Waals surface area contributed by atoms with Crippen molar-refractivity contribution in [2.24, 2.45) is 0 Å². The van der Waals surface area contributed by atoms with Crippen LogP contribution in [0, 0.1) is 6.92 Å². The summed E-state index contributed by atoms with van der Waals surface area (Å²) in [7, 11) is 0. The van der Waals surface area contributed by atoms with Crippen molar-refractivity contribution in [2.45, 2.75) is 39.7 Å². The van der Waals surface area contributed by atoms with Crippen molar-refractivity contribution >= 4 is 5.97 Å². The van der Waals surface area contributed by atoms with Crippen LogP contribution in [0.3, 0.4) is 0 Å². The molecule has 4 nitrogen and oxygen atoms in total. The van der Waals surface area contributed by atoms with Crippen LogP contribution in [0.25, 0.3) is 0 Å². The van der Waals surface area contributed by atoms with Crippen LogP contribution in [0.1, 0.15) is 53.6 Å². The molecule has 1 N–H and O–H groups in total. The number of ether oxygens (including phenoxy) is 1. The first-order valence-corrected chi connectivity index (χ1v) is 7.06. The molecule has 0 aliphatic heterocycles. The van der Waals surface area contributed by atoms with Crippen molar-refractivity contribution in [1.29, 1.82) is 0 Å². The summed E-state index contributed by atoms with van der Waals surface area (Å²) in [5, 5.41) is 8.94. The van der Waals surface area contributed by atoms with E-state index in [9.17, 15) is 4.79 Å². The van der Waals surface area contributed by atoms with E-state index in [1.54, 1.807) is 13.0 Å². The molecule has 0 amide bonds. The first-order chi connectivity index (χ1) is 10.0. The van der Waals surface area contributed by atoms with Gasteiger partial charge in [0.2, 0.25) is 5.76 Å². The summed E-state index contributed by atoms with van der Waals surface area (Å²) < 4.78 is 10.9. The first-order valence-electron chi connectivity index (χ1n) is 7.06. The van der Waals surface area contributed by atoms with E-state index < -0.39 is 5.97 Å². The number of benzene rings is 1. The van der Waals surface area contributed by atoms with Crippen LogP contribution in [0.4, 0.5) is 0 Å². The first kappa shape index (κ1) is 15.2. The Hall–Kier alpha value is -2.23. The van der Waals surface area contributed by atoms with Gasteiger partial charge in [-0.2, -0.15) is 0 Å². The van der Waals surface area contributed by atoms with E-state index in [-0.39, 0.29) is 12.4 Å². The lowest BCUT2D eigenvalue weighted by Crippen LogP contribution is -1.96. The molecule has 1 heterocycles. The summed E-state index contributed by atoms with van der Waals surface area (Å²) in [4.78, 5) is 10.9. The van der Waals surface area contributed by atoms with Crippen molar-refractivity contribution in [3.8, 4) is 5.75 Å². The van der Waals surface area contributed by atoms with Gasteiger partial charge in [0.05, 0.1) is 0 Å². The maximum atomic E-state index is 10.9. The van der Waals surface area contributed by atoms with Crippen LogP contribution in [-0.4, -0.2) is 11.1 Å². The summed E-state index contributed by atoms with van der Waals surface area (Å²) in [6.45, 7) is 6.28. The normalized spacial score (nSPS) is 12.1. The summed E-state index contributed by atoms with van der Waals surface area (Å²) in [5.74, 6) is 0.700. The van der Waals surface area contributed by atoms with E-state index in [0.29, 0.717) is 17.2 Å². The number of carboxylic acid groups (broad SMARTS) is 1. The molecule has 0 fully saturated rings. The number of carbonyl (C=O) groups is 1. The fourth-order valence-corrected chi connectivity index (χ4v) is 2.11. The lowest BCUT2D eigenvalue weighted by Gasteiger charge is -2.10. The third kappa shape index (κ3) is 3.66. The van der Waals surface area contributed by atoms with Crippen molar-refractivity contribution < 1.29 is 19.1 Å². The van der Waals surface area contributed by atoms with E-state index in [2.05, 4.69) is 26.0 Å². The van der Waals surface area contributed by atoms with Crippen LogP contribution < -0.4 is 4.74 Å². The third-order valence-electron chi connectivity index (χ3n) is 3.61. The molecular formula is C17H20O4. The summed E-state index contributed by atoms with van der Waals surface area (Å²) in [6, 6.07) is 9.65. The zero-order valence-electron chi connectivity index (χ0n) is 12.6. The maximum Gasteiger partial charge on any atom is 0.372 e. The minimum absolute atomic E-state index is 0.0271. The molecule has 112 valence electrons. The minimum Gasteiger partial charge on any atom is -0.486 e. The highest BCUT2D eigenvalue weighted by atomic mass is 16.5. The minimum atomic E-state index is -1.06. The predicted molar refractivity (Wildman–Crippen MR) is 79.9 cm³/mol. The lowest BCUT2D eigenvalue weighted by molar-refractivity contribution is 0.0657. The molecular weight excluding hydrogens is 268 g/mol. The maximum absolute atomic E-state index is 10.9. The number of hydrogen-bond donors (Lipinski definition) is 1. The second-order valence-corrected chi connectivity index (χ2v) is 5.20. The number of carboxylic acids is 1. The largest absolute Gasteiger partial charge is 0.486 e. The van der Waals surface area contributed by atoms with Crippen LogP contribution in [0.2, 0.25) is 0 Å². The van der Waals surface area contributed by atoms with Crippen molar-refractivity contribution in [3.05, 3.63) is 53.0 Å². The Morgan fingerprint density at radius 2 is 2.00 bits per heavy atom. The Bertz CT molecular complexity index is 610. The Morgan fingerprint density at radius 1 is 1.33 bits per heavy atom. The monoisotopic (exact) mass is 288 g/mol. The molecule has 1 atom stereocenters. The number of aromatic carboxylic acids is 1. The zero-order chi connectivity index (χ0) is 15.4. The topological polar surface area (TPSA) is 59.7 Å². The fraction of sp³-hybridized carbons (Fsp3) is 0.353. The number of aryl methyl sites for hydroxylation is 1. The SMILES string of the molecule is CCC(C)c1ccc(OCc2cc(C)c(C(=O)O)o2)cc1. The molecule has 0 aliphatic carbocycles. The van der Waals surface area contributed by atoms with E-state index in [1.165, 1.54) is 5.56 Å². The molecule has 1 aromatic carbocycles. The summed E-state index contributed by atoms with van der Waals surface area (Å²) >= 11 is 0. The van der Waals surface area contributed by atoms with Gasteiger partial charge in [0.25, 0.3) is 0 Å². The third-order valence-corrected chi connectivity index (χ3v) is 3.61. The average molecular weight is 288 g/mol. The van der Waals surface area contributed by atoms with E-state index in [1.807, 2.05) is 12.1 Å². The molecule has 2 aromatic rings. The van der Waals surface area contributed by atoms with Crippen molar-refractivity contribution in [1.82, 2.24) is 0 Å². The summed E-state index contributed by atoms with van der Waals surface area (Å²) in [5.41, 5.74) is 1.89. The van der Waals surface area contributed by atoms with Gasteiger partial charge in [0, 0.05) is 5.56 Å². The van der Waals surface area contributed by atoms with E-state index in [4.69, 9.17) is 14.3 Å². The molecule has 1 unspecified atom stereocenters. The van der Waals surface area contributed by atoms with Gasteiger partial charge in [-0.05, 0) is 43.0 Å². The average Bonchev–Trinajstić information content (AvgIpc) is 2.86. The van der Waals surface area contributed by atoms with Gasteiger partial charge in [-0.3, -0.25) is 0 Å². The molecule has 2 rings (SSSR count). The van der Waals surface area contributed by atoms with Gasteiger partial charge in [-0.15, -0.1) is 0 Å². The molecule has 0 radical (unpaired) electrons. The Morgan fingerprint density at radius 3 is 2.52 bits per heavy atom. The highest BCUT2D eigenvalue weighted by Crippen LogP contribution is 2.22. The van der Waals surface area contributed by atoms with Crippen LogP contribution >= 0.6 is 0 Å². The lowest BCUT2D eigenvalue weighted by atomic mass is 9.99. The number of hydrogen-bond acceptors (Lipinski definition) is 3. The van der Waals surface area contributed by atoms with Gasteiger partial charge in [0.1, 0.15) is 18.1 Å². The summed E-state index contributed by atoms with van der Waals surface area (Å²) in [6.07, 6.45) is 1.10. The van der Waals surface area contributed by atoms with Gasteiger partial charge in [-0.25, -0.2) is 4.79 Å². The fourth-order valence-electron chi connectivity index (χ4n) is 2.11. The second-order valence-electron chi connectivity index (χ2n) is 5.20. The highest BCUT2D eigenvalue weighted by molar-refractivity contribution is 5.86.